The van der Waals surface area contributed by atoms with Crippen molar-refractivity contribution in [2.24, 2.45) is 0 Å². The number of hydrogen-bond acceptors (Lipinski definition) is 4. The lowest BCUT2D eigenvalue weighted by atomic mass is 10.2. The number of rotatable bonds is 5. The van der Waals surface area contributed by atoms with Gasteiger partial charge in [0.15, 0.2) is 5.65 Å². The van der Waals surface area contributed by atoms with E-state index in [9.17, 15) is 13.6 Å². The van der Waals surface area contributed by atoms with Gasteiger partial charge in [0.25, 0.3) is 12.3 Å². The summed E-state index contributed by atoms with van der Waals surface area (Å²) in [6.45, 7) is -0.510. The molecule has 0 aromatic carbocycles. The molecule has 0 spiro atoms. The first kappa shape index (κ1) is 16.6. The van der Waals surface area contributed by atoms with Gasteiger partial charge in [-0.2, -0.15) is 10.2 Å². The van der Waals surface area contributed by atoms with Gasteiger partial charge in [0.2, 0.25) is 0 Å². The van der Waals surface area contributed by atoms with Gasteiger partial charge in [-0.15, -0.1) is 0 Å². The molecule has 4 rings (SSSR count). The number of carbonyl (C=O) groups excluding carboxylic acids is 1. The Bertz CT molecular complexity index is 928. The van der Waals surface area contributed by atoms with Gasteiger partial charge in [0.1, 0.15) is 6.54 Å². The largest absolute Gasteiger partial charge is 0.319 e. The molecule has 0 radical (unpaired) electrons. The number of nitrogens with one attached hydrogen (secondary N) is 1. The summed E-state index contributed by atoms with van der Waals surface area (Å²) in [7, 11) is 0. The van der Waals surface area contributed by atoms with Crippen molar-refractivity contribution in [3.63, 3.8) is 0 Å². The van der Waals surface area contributed by atoms with Gasteiger partial charge >= 0.3 is 0 Å². The second kappa shape index (κ2) is 6.81. The minimum atomic E-state index is -2.50. The van der Waals surface area contributed by atoms with E-state index in [1.54, 1.807) is 12.3 Å². The van der Waals surface area contributed by atoms with Gasteiger partial charge in [-0.05, 0) is 18.9 Å². The predicted molar refractivity (Wildman–Crippen MR) is 91.2 cm³/mol. The predicted octanol–water partition coefficient (Wildman–Crippen LogP) is 3.26. The van der Waals surface area contributed by atoms with Crippen molar-refractivity contribution in [2.75, 3.05) is 5.32 Å². The molecule has 1 aliphatic rings. The van der Waals surface area contributed by atoms with Crippen LogP contribution in [0, 0.1) is 0 Å². The van der Waals surface area contributed by atoms with Gasteiger partial charge < -0.3 is 5.32 Å². The van der Waals surface area contributed by atoms with Crippen LogP contribution in [-0.2, 0) is 6.54 Å². The topological polar surface area (TPSA) is 77.6 Å². The zero-order valence-corrected chi connectivity index (χ0v) is 14.0. The lowest BCUT2D eigenvalue weighted by Gasteiger charge is -2.10. The van der Waals surface area contributed by atoms with Crippen molar-refractivity contribution >= 4 is 22.6 Å². The summed E-state index contributed by atoms with van der Waals surface area (Å²) in [6, 6.07) is 2.11. The van der Waals surface area contributed by atoms with Crippen molar-refractivity contribution in [3.05, 3.63) is 36.4 Å². The van der Waals surface area contributed by atoms with Crippen LogP contribution in [0.15, 0.2) is 30.9 Å². The Hall–Kier alpha value is -2.84. The van der Waals surface area contributed by atoms with E-state index < -0.39 is 13.0 Å². The highest BCUT2D eigenvalue weighted by Crippen LogP contribution is 2.31. The van der Waals surface area contributed by atoms with E-state index in [1.807, 2.05) is 4.68 Å². The molecule has 0 saturated heterocycles. The third-order valence-corrected chi connectivity index (χ3v) is 4.58. The SMILES string of the molecule is O=C(Nc1cnn(CC(F)F)c1)c1cnc2c(cnn2C2CCCC2)c1. The summed E-state index contributed by atoms with van der Waals surface area (Å²) in [5.41, 5.74) is 1.51. The average Bonchev–Trinajstić information content (AvgIpc) is 3.33. The lowest BCUT2D eigenvalue weighted by molar-refractivity contribution is 0.102. The van der Waals surface area contributed by atoms with E-state index in [0.717, 1.165) is 28.6 Å². The molecule has 7 nitrogen and oxygen atoms in total. The molecule has 1 amide bonds. The van der Waals surface area contributed by atoms with Crippen molar-refractivity contribution in [3.8, 4) is 0 Å². The van der Waals surface area contributed by atoms with Crippen LogP contribution in [0.25, 0.3) is 11.0 Å². The van der Waals surface area contributed by atoms with Crippen molar-refractivity contribution in [2.45, 2.75) is 44.7 Å². The summed E-state index contributed by atoms with van der Waals surface area (Å²) < 4.78 is 27.7. The first-order chi connectivity index (χ1) is 12.6. The third kappa shape index (κ3) is 3.29. The smallest absolute Gasteiger partial charge is 0.257 e. The number of halogens is 2. The number of nitrogens with zero attached hydrogens (tertiary/aromatic N) is 5. The van der Waals surface area contributed by atoms with Crippen molar-refractivity contribution < 1.29 is 13.6 Å². The minimum absolute atomic E-state index is 0.359. The Labute approximate surface area is 148 Å². The van der Waals surface area contributed by atoms with Crippen LogP contribution in [0.3, 0.4) is 0 Å². The standard InChI is InChI=1S/C17H18F2N6O/c18-15(19)10-24-9-13(8-21-24)23-17(26)12-5-11-7-22-25(16(11)20-6-12)14-3-1-2-4-14/h5-9,14-15H,1-4,10H2,(H,23,26). The van der Waals surface area contributed by atoms with E-state index in [2.05, 4.69) is 20.5 Å². The maximum absolute atomic E-state index is 12.4. The van der Waals surface area contributed by atoms with Gasteiger partial charge in [0, 0.05) is 17.8 Å². The highest BCUT2D eigenvalue weighted by atomic mass is 19.3. The van der Waals surface area contributed by atoms with Gasteiger partial charge in [-0.25, -0.2) is 18.4 Å². The average molecular weight is 360 g/mol. The number of aromatic nitrogens is 5. The number of fused-ring (bicyclic) bond motifs is 1. The van der Waals surface area contributed by atoms with Crippen LogP contribution in [0.2, 0.25) is 0 Å². The molecule has 1 fully saturated rings. The molecule has 1 N–H and O–H groups in total. The van der Waals surface area contributed by atoms with Crippen molar-refractivity contribution in [1.82, 2.24) is 24.5 Å². The summed E-state index contributed by atoms with van der Waals surface area (Å²) in [5, 5.41) is 11.7. The second-order valence-corrected chi connectivity index (χ2v) is 6.46. The van der Waals surface area contributed by atoms with Crippen LogP contribution in [-0.4, -0.2) is 36.9 Å². The highest BCUT2D eigenvalue weighted by Gasteiger charge is 2.20. The number of pyridine rings is 1. The summed E-state index contributed by atoms with van der Waals surface area (Å²) in [6.07, 6.45) is 8.04. The summed E-state index contributed by atoms with van der Waals surface area (Å²) in [4.78, 5) is 16.8. The molecule has 1 saturated carbocycles. The number of amides is 1. The Kier molecular flexibility index (Phi) is 4.36. The maximum Gasteiger partial charge on any atom is 0.257 e. The zero-order chi connectivity index (χ0) is 18.1. The molecule has 136 valence electrons. The van der Waals surface area contributed by atoms with E-state index in [4.69, 9.17) is 0 Å². The molecule has 9 heteroatoms. The van der Waals surface area contributed by atoms with Crippen LogP contribution in [0.5, 0.6) is 0 Å². The first-order valence-electron chi connectivity index (χ1n) is 8.55. The van der Waals surface area contributed by atoms with E-state index in [-0.39, 0.29) is 5.91 Å². The molecular weight excluding hydrogens is 342 g/mol. The van der Waals surface area contributed by atoms with E-state index >= 15 is 0 Å². The zero-order valence-electron chi connectivity index (χ0n) is 14.0. The Morgan fingerprint density at radius 2 is 2.04 bits per heavy atom. The van der Waals surface area contributed by atoms with Crippen LogP contribution < -0.4 is 5.32 Å². The molecule has 26 heavy (non-hydrogen) atoms. The van der Waals surface area contributed by atoms with Gasteiger partial charge in [-0.1, -0.05) is 12.8 Å². The number of carbonyl (C=O) groups is 1. The Balaban J connectivity index is 1.51. The molecule has 3 aromatic heterocycles. The molecule has 3 heterocycles. The second-order valence-electron chi connectivity index (χ2n) is 6.46. The monoisotopic (exact) mass is 360 g/mol. The first-order valence-corrected chi connectivity index (χ1v) is 8.55. The van der Waals surface area contributed by atoms with E-state index in [0.29, 0.717) is 17.3 Å². The normalized spacial score (nSPS) is 15.2. The molecule has 0 unspecified atom stereocenters. The van der Waals surface area contributed by atoms with Gasteiger partial charge in [0.05, 0.1) is 29.7 Å². The van der Waals surface area contributed by atoms with Crippen LogP contribution >= 0.6 is 0 Å². The molecule has 1 aliphatic carbocycles. The minimum Gasteiger partial charge on any atom is -0.319 e. The Morgan fingerprint density at radius 3 is 2.81 bits per heavy atom. The summed E-state index contributed by atoms with van der Waals surface area (Å²) in [5.74, 6) is -0.371. The quantitative estimate of drug-likeness (QED) is 0.758. The molecule has 0 bridgehead atoms. The van der Waals surface area contributed by atoms with Gasteiger partial charge in [-0.3, -0.25) is 9.48 Å². The van der Waals surface area contributed by atoms with Crippen molar-refractivity contribution in [1.29, 1.82) is 0 Å². The number of anilines is 1. The third-order valence-electron chi connectivity index (χ3n) is 4.58. The number of alkyl halides is 2. The maximum atomic E-state index is 12.4. The highest BCUT2D eigenvalue weighted by molar-refractivity contribution is 6.05. The molecule has 0 atom stereocenters. The molecular formula is C17H18F2N6O. The van der Waals surface area contributed by atoms with E-state index in [1.165, 1.54) is 31.4 Å². The fraction of sp³-hybridized carbons (Fsp3) is 0.412. The molecule has 0 aliphatic heterocycles. The summed E-state index contributed by atoms with van der Waals surface area (Å²) >= 11 is 0. The van der Waals surface area contributed by atoms with Crippen LogP contribution in [0.4, 0.5) is 14.5 Å². The fourth-order valence-corrected chi connectivity index (χ4v) is 3.35. The Morgan fingerprint density at radius 1 is 1.23 bits per heavy atom. The van der Waals surface area contributed by atoms with Crippen LogP contribution in [0.1, 0.15) is 42.1 Å². The molecule has 3 aromatic rings. The fourth-order valence-electron chi connectivity index (χ4n) is 3.35. The number of hydrogen-bond donors (Lipinski definition) is 1. The lowest BCUT2D eigenvalue weighted by Crippen LogP contribution is -2.12.